The lowest BCUT2D eigenvalue weighted by atomic mass is 10.1. The number of hydrogen-bond donors (Lipinski definition) is 4. The fourth-order valence-electron chi connectivity index (χ4n) is 3.89. The minimum atomic E-state index is -4.40. The number of nitrogens with one attached hydrogen (secondary N) is 2. The van der Waals surface area contributed by atoms with Crippen LogP contribution in [0.1, 0.15) is 27.0 Å². The van der Waals surface area contributed by atoms with Gasteiger partial charge in [0.05, 0.1) is 19.0 Å². The monoisotopic (exact) mass is 585 g/mol. The van der Waals surface area contributed by atoms with Crippen molar-refractivity contribution < 1.29 is 41.8 Å². The van der Waals surface area contributed by atoms with Gasteiger partial charge in [0.1, 0.15) is 17.9 Å². The number of aromatic nitrogens is 4. The summed E-state index contributed by atoms with van der Waals surface area (Å²) >= 11 is 0. The van der Waals surface area contributed by atoms with Crippen LogP contribution in [-0.2, 0) is 23.4 Å². The average molecular weight is 586 g/mol. The van der Waals surface area contributed by atoms with Crippen LogP contribution in [-0.4, -0.2) is 74.5 Å². The highest BCUT2D eigenvalue weighted by Gasteiger charge is 2.60. The number of esters is 1. The first-order valence-corrected chi connectivity index (χ1v) is 13.8. The fraction of sp³-hybridized carbons (Fsp3) is 0.478. The van der Waals surface area contributed by atoms with Crippen molar-refractivity contribution in [3.63, 3.8) is 0 Å². The molecule has 14 nitrogen and oxygen atoms in total. The summed E-state index contributed by atoms with van der Waals surface area (Å²) in [5.74, 6) is -4.48. The predicted molar refractivity (Wildman–Crippen MR) is 139 cm³/mol. The molecule has 0 spiro atoms. The Hall–Kier alpha value is -3.43. The molecule has 1 aromatic carbocycles. The van der Waals surface area contributed by atoms with E-state index in [4.69, 9.17) is 24.3 Å². The first-order chi connectivity index (χ1) is 18.8. The highest BCUT2D eigenvalue weighted by atomic mass is 31.2. The molecule has 1 saturated heterocycles. The van der Waals surface area contributed by atoms with Crippen molar-refractivity contribution in [1.82, 2.24) is 24.6 Å². The molecule has 4 rings (SSSR count). The van der Waals surface area contributed by atoms with Gasteiger partial charge in [0.25, 0.3) is 0 Å². The molecule has 3 aromatic rings. The van der Waals surface area contributed by atoms with Crippen LogP contribution in [0.4, 0.5) is 20.5 Å². The third-order valence-corrected chi connectivity index (χ3v) is 7.39. The summed E-state index contributed by atoms with van der Waals surface area (Å²) < 4.78 is 66.7. The zero-order chi connectivity index (χ0) is 29.2. The lowest BCUT2D eigenvalue weighted by Gasteiger charge is -2.25. The number of carbonyl (C=O) groups is 1. The number of halogens is 2. The Morgan fingerprint density at radius 2 is 1.98 bits per heavy atom. The maximum Gasteiger partial charge on any atom is 0.459 e. The number of hydrogen-bond acceptors (Lipinski definition) is 12. The second-order valence-corrected chi connectivity index (χ2v) is 10.9. The van der Waals surface area contributed by atoms with Gasteiger partial charge in [-0.25, -0.2) is 9.55 Å². The van der Waals surface area contributed by atoms with Gasteiger partial charge in [-0.3, -0.25) is 13.9 Å². The van der Waals surface area contributed by atoms with Gasteiger partial charge in [-0.1, -0.05) is 18.2 Å². The van der Waals surface area contributed by atoms with E-state index in [1.165, 1.54) is 19.1 Å². The standard InChI is InChI=1S/C23H30F2N7O7P/c1-12(2)37-20(34)13(3)31-40(35,39-14-8-6-5-7-9-14)36-10-15-17(33)23(24,25)21(38-15)32-11-28-16-18(27-4)29-22(26)30-19(16)32/h5-9,11-13,15,17,21,33H,10H2,1-4H3,(H,31,35)(H3,26,27,29,30)/t13-,15-,17-,21-,40-/m1/s1. The van der Waals surface area contributed by atoms with Crippen molar-refractivity contribution in [3.8, 4) is 5.75 Å². The molecule has 0 amide bonds. The van der Waals surface area contributed by atoms with Crippen LogP contribution in [0.25, 0.3) is 11.2 Å². The Balaban J connectivity index is 1.56. The molecule has 17 heteroatoms. The second kappa shape index (κ2) is 11.6. The van der Waals surface area contributed by atoms with Crippen molar-refractivity contribution in [1.29, 1.82) is 0 Å². The van der Waals surface area contributed by atoms with Crippen molar-refractivity contribution in [2.24, 2.45) is 0 Å². The summed E-state index contributed by atoms with van der Waals surface area (Å²) in [5, 5.41) is 15.7. The van der Waals surface area contributed by atoms with E-state index in [-0.39, 0.29) is 28.7 Å². The van der Waals surface area contributed by atoms with E-state index in [2.05, 4.69) is 25.4 Å². The van der Waals surface area contributed by atoms with Crippen molar-refractivity contribution >= 4 is 36.6 Å². The van der Waals surface area contributed by atoms with Gasteiger partial charge in [0.15, 0.2) is 23.1 Å². The number of rotatable bonds is 11. The Morgan fingerprint density at radius 3 is 2.62 bits per heavy atom. The number of aliphatic hydroxyl groups excluding tert-OH is 1. The summed E-state index contributed by atoms with van der Waals surface area (Å²) in [4.78, 5) is 24.3. The van der Waals surface area contributed by atoms with E-state index in [1.54, 1.807) is 39.1 Å². The summed E-state index contributed by atoms with van der Waals surface area (Å²) in [7, 11) is -2.86. The van der Waals surface area contributed by atoms with Crippen LogP contribution < -0.4 is 20.7 Å². The van der Waals surface area contributed by atoms with Gasteiger partial charge in [0.2, 0.25) is 12.2 Å². The van der Waals surface area contributed by atoms with Crippen molar-refractivity contribution in [2.45, 2.75) is 57.3 Å². The smallest absolute Gasteiger partial charge is 0.459 e. The maximum atomic E-state index is 15.3. The number of fused-ring (bicyclic) bond motifs is 1. The summed E-state index contributed by atoms with van der Waals surface area (Å²) in [6.07, 6.45) is -5.51. The molecule has 5 N–H and O–H groups in total. The van der Waals surface area contributed by atoms with Crippen molar-refractivity contribution in [2.75, 3.05) is 24.7 Å². The van der Waals surface area contributed by atoms with E-state index in [0.717, 1.165) is 10.9 Å². The number of aliphatic hydroxyl groups is 1. The van der Waals surface area contributed by atoms with E-state index >= 15 is 8.78 Å². The molecular weight excluding hydrogens is 555 g/mol. The average Bonchev–Trinajstić information content (AvgIpc) is 3.40. The van der Waals surface area contributed by atoms with Gasteiger partial charge < -0.3 is 30.2 Å². The van der Waals surface area contributed by atoms with Gasteiger partial charge >= 0.3 is 19.6 Å². The Bertz CT molecular complexity index is 1390. The Labute approximate surface area is 227 Å². The number of nitrogen functional groups attached to an aromatic ring is 1. The SMILES string of the molecule is CNc1nc(N)nc2c1ncn2[C@@H]1O[C@H](CO[P@](=O)(N[C@H](C)C(=O)OC(C)C)Oc2ccccc2)[C@@H](O)C1(F)F. The van der Waals surface area contributed by atoms with Gasteiger partial charge in [0, 0.05) is 7.05 Å². The Kier molecular flexibility index (Phi) is 8.56. The molecule has 1 aliphatic heterocycles. The first-order valence-electron chi connectivity index (χ1n) is 12.2. The molecule has 1 fully saturated rings. The van der Waals surface area contributed by atoms with E-state index < -0.39 is 56.8 Å². The predicted octanol–water partition coefficient (Wildman–Crippen LogP) is 2.48. The number of nitrogens with two attached hydrogens (primary N) is 1. The quantitative estimate of drug-likeness (QED) is 0.190. The molecule has 218 valence electrons. The van der Waals surface area contributed by atoms with Crippen LogP contribution in [0.3, 0.4) is 0 Å². The topological polar surface area (TPSA) is 185 Å². The van der Waals surface area contributed by atoms with E-state index in [1.807, 2.05) is 0 Å². The minimum absolute atomic E-state index is 0.0625. The molecule has 0 radical (unpaired) electrons. The summed E-state index contributed by atoms with van der Waals surface area (Å²) in [6, 6.07) is 6.71. The number of carbonyl (C=O) groups excluding carboxylic acids is 1. The first kappa shape index (κ1) is 29.6. The summed E-state index contributed by atoms with van der Waals surface area (Å²) in [5.41, 5.74) is 5.80. The number of para-hydroxylation sites is 1. The molecule has 0 bridgehead atoms. The number of benzene rings is 1. The lowest BCUT2D eigenvalue weighted by molar-refractivity contribution is -0.149. The third kappa shape index (κ3) is 6.15. The zero-order valence-corrected chi connectivity index (χ0v) is 22.9. The van der Waals surface area contributed by atoms with Crippen LogP contribution in [0, 0.1) is 0 Å². The lowest BCUT2D eigenvalue weighted by Crippen LogP contribution is -2.40. The van der Waals surface area contributed by atoms with E-state index in [9.17, 15) is 14.5 Å². The normalized spacial score (nSPS) is 22.6. The third-order valence-electron chi connectivity index (χ3n) is 5.74. The maximum absolute atomic E-state index is 15.3. The molecule has 1 aliphatic rings. The molecule has 3 heterocycles. The fourth-order valence-corrected chi connectivity index (χ4v) is 5.39. The molecular formula is C23H30F2N7O7P. The number of imidazole rings is 1. The molecule has 0 saturated carbocycles. The van der Waals surface area contributed by atoms with Gasteiger partial charge in [-0.2, -0.15) is 23.8 Å². The number of ether oxygens (including phenoxy) is 2. The molecule has 5 atom stereocenters. The van der Waals surface area contributed by atoms with Crippen LogP contribution >= 0.6 is 7.75 Å². The number of anilines is 2. The van der Waals surface area contributed by atoms with Crippen LogP contribution in [0.5, 0.6) is 5.75 Å². The largest absolute Gasteiger partial charge is 0.462 e. The molecule has 40 heavy (non-hydrogen) atoms. The zero-order valence-electron chi connectivity index (χ0n) is 22.0. The second-order valence-electron chi connectivity index (χ2n) is 9.18. The van der Waals surface area contributed by atoms with Crippen molar-refractivity contribution in [3.05, 3.63) is 36.7 Å². The highest BCUT2D eigenvalue weighted by Crippen LogP contribution is 2.48. The molecule has 0 unspecified atom stereocenters. The van der Waals surface area contributed by atoms with E-state index in [0.29, 0.717) is 0 Å². The molecule has 2 aromatic heterocycles. The number of alkyl halides is 2. The molecule has 0 aliphatic carbocycles. The van der Waals surface area contributed by atoms with Crippen LogP contribution in [0.2, 0.25) is 0 Å². The van der Waals surface area contributed by atoms with Crippen LogP contribution in [0.15, 0.2) is 36.7 Å². The minimum Gasteiger partial charge on any atom is -0.462 e. The van der Waals surface area contributed by atoms with Gasteiger partial charge in [-0.05, 0) is 32.9 Å². The van der Waals surface area contributed by atoms with Gasteiger partial charge in [-0.15, -0.1) is 0 Å². The summed E-state index contributed by atoms with van der Waals surface area (Å²) in [6.45, 7) is 3.85. The Morgan fingerprint density at radius 1 is 1.27 bits per heavy atom. The number of nitrogens with zero attached hydrogens (tertiary/aromatic N) is 4. The highest BCUT2D eigenvalue weighted by molar-refractivity contribution is 7.52.